The molecule has 0 aromatic carbocycles. The summed E-state index contributed by atoms with van der Waals surface area (Å²) in [4.78, 5) is 0. The van der Waals surface area contributed by atoms with Gasteiger partial charge in [-0.15, -0.1) is 0 Å². The van der Waals surface area contributed by atoms with Crippen molar-refractivity contribution in [1.82, 2.24) is 0 Å². The normalized spacial score (nSPS) is 12.4. The third-order valence-electron chi connectivity index (χ3n) is 4.51. The van der Waals surface area contributed by atoms with E-state index in [1.165, 1.54) is 32.1 Å². The molecule has 0 aliphatic carbocycles. The van der Waals surface area contributed by atoms with E-state index >= 15 is 0 Å². The number of rotatable bonds is 6. The minimum atomic E-state index is 0. The lowest BCUT2D eigenvalue weighted by molar-refractivity contribution is -0.512. The summed E-state index contributed by atoms with van der Waals surface area (Å²) >= 11 is 0. The maximum atomic E-state index is 4.49. The Morgan fingerprint density at radius 3 is 1.07 bits per heavy atom. The third-order valence-corrected chi connectivity index (χ3v) is 4.51. The maximum Gasteiger partial charge on any atom is 0.0996 e. The van der Waals surface area contributed by atoms with Crippen LogP contribution in [0.4, 0.5) is 0 Å². The van der Waals surface area contributed by atoms with Gasteiger partial charge in [-0.1, -0.05) is 34.6 Å². The Balaban J connectivity index is 0. The van der Waals surface area contributed by atoms with Crippen LogP contribution in [0.5, 0.6) is 0 Å². The van der Waals surface area contributed by atoms with Crippen LogP contribution >= 0.6 is 0 Å². The van der Waals surface area contributed by atoms with Crippen molar-refractivity contribution < 1.29 is 22.7 Å². The molecule has 0 saturated heterocycles. The van der Waals surface area contributed by atoms with Crippen LogP contribution in [0.25, 0.3) is 0 Å². The van der Waals surface area contributed by atoms with Crippen LogP contribution in [0, 0.1) is 5.41 Å². The van der Waals surface area contributed by atoms with Gasteiger partial charge in [0.2, 0.25) is 0 Å². The monoisotopic (exact) mass is 265 g/mol. The Hall–Kier alpha value is 0.440. The van der Waals surface area contributed by atoms with E-state index in [0.717, 1.165) is 0 Å². The molecule has 14 heavy (non-hydrogen) atoms. The molecule has 3 N–H and O–H groups in total. The average molecular weight is 266 g/mol. The topological polar surface area (TPSA) is 27.6 Å². The fourth-order valence-electron chi connectivity index (χ4n) is 2.87. The van der Waals surface area contributed by atoms with E-state index in [4.69, 9.17) is 0 Å². The Morgan fingerprint density at radius 1 is 0.714 bits per heavy atom. The Kier molecular flexibility index (Phi) is 8.23. The van der Waals surface area contributed by atoms with Crippen molar-refractivity contribution >= 4 is 0 Å². The van der Waals surface area contributed by atoms with Crippen LogP contribution in [0.15, 0.2) is 0 Å². The van der Waals surface area contributed by atoms with E-state index in [1.807, 2.05) is 0 Å². The molecular formula is C12H28BrN. The SMILES string of the molecule is CCC([NH3+])(CC)C(CC)(CC)CC.[Br-]. The lowest BCUT2D eigenvalue weighted by atomic mass is 9.62. The molecule has 0 radical (unpaired) electrons. The van der Waals surface area contributed by atoms with Gasteiger partial charge < -0.3 is 22.7 Å². The van der Waals surface area contributed by atoms with Crippen molar-refractivity contribution in [2.45, 2.75) is 72.3 Å². The molecule has 0 aliphatic rings. The smallest absolute Gasteiger partial charge is 0.0996 e. The number of hydrogen-bond donors (Lipinski definition) is 1. The average Bonchev–Trinajstić information content (AvgIpc) is 2.20. The van der Waals surface area contributed by atoms with Gasteiger partial charge in [-0.25, -0.2) is 0 Å². The standard InChI is InChI=1S/C12H27N.BrH/c1-6-11(7-2,8-3)12(13,9-4)10-5;/h6-10,13H2,1-5H3;1H. The van der Waals surface area contributed by atoms with Gasteiger partial charge in [0.25, 0.3) is 0 Å². The Labute approximate surface area is 101 Å². The first-order valence-corrected chi connectivity index (χ1v) is 5.91. The molecule has 0 saturated carbocycles. The van der Waals surface area contributed by atoms with Gasteiger partial charge in [0.15, 0.2) is 0 Å². The second-order valence-corrected chi connectivity index (χ2v) is 4.33. The first-order chi connectivity index (χ1) is 6.05. The molecule has 0 aromatic heterocycles. The summed E-state index contributed by atoms with van der Waals surface area (Å²) in [5.41, 5.74) is 5.26. The second kappa shape index (κ2) is 6.84. The summed E-state index contributed by atoms with van der Waals surface area (Å²) in [6.07, 6.45) is 6.22. The Bertz CT molecular complexity index is 129. The van der Waals surface area contributed by atoms with Crippen molar-refractivity contribution in [2.75, 3.05) is 0 Å². The molecule has 2 heteroatoms. The molecule has 0 heterocycles. The predicted molar refractivity (Wildman–Crippen MR) is 59.5 cm³/mol. The van der Waals surface area contributed by atoms with Crippen molar-refractivity contribution in [3.05, 3.63) is 0 Å². The molecule has 88 valence electrons. The van der Waals surface area contributed by atoms with Crippen LogP contribution in [0.3, 0.4) is 0 Å². The molecule has 0 fully saturated rings. The first-order valence-electron chi connectivity index (χ1n) is 5.91. The van der Waals surface area contributed by atoms with Crippen molar-refractivity contribution in [1.29, 1.82) is 0 Å². The zero-order valence-electron chi connectivity index (χ0n) is 10.6. The van der Waals surface area contributed by atoms with E-state index in [9.17, 15) is 0 Å². The summed E-state index contributed by atoms with van der Waals surface area (Å²) in [6, 6.07) is 0. The fourth-order valence-corrected chi connectivity index (χ4v) is 2.87. The van der Waals surface area contributed by atoms with Crippen molar-refractivity contribution in [3.8, 4) is 0 Å². The molecule has 0 bridgehead atoms. The van der Waals surface area contributed by atoms with E-state index in [0.29, 0.717) is 11.0 Å². The molecule has 0 spiro atoms. The first kappa shape index (κ1) is 16.9. The molecule has 0 aromatic rings. The van der Waals surface area contributed by atoms with E-state index < -0.39 is 0 Å². The summed E-state index contributed by atoms with van der Waals surface area (Å²) in [6.45, 7) is 11.5. The molecular weight excluding hydrogens is 238 g/mol. The molecule has 0 aliphatic heterocycles. The van der Waals surface area contributed by atoms with Crippen LogP contribution in [-0.2, 0) is 0 Å². The lowest BCUT2D eigenvalue weighted by Gasteiger charge is -2.44. The van der Waals surface area contributed by atoms with Gasteiger partial charge >= 0.3 is 0 Å². The number of hydrogen-bond acceptors (Lipinski definition) is 0. The van der Waals surface area contributed by atoms with Crippen LogP contribution < -0.4 is 22.7 Å². The van der Waals surface area contributed by atoms with Gasteiger partial charge in [-0.05, 0) is 32.1 Å². The molecule has 0 atom stereocenters. The second-order valence-electron chi connectivity index (χ2n) is 4.33. The van der Waals surface area contributed by atoms with Crippen LogP contribution in [-0.4, -0.2) is 5.54 Å². The number of halogens is 1. The zero-order chi connectivity index (χ0) is 10.5. The van der Waals surface area contributed by atoms with Gasteiger partial charge in [-0.2, -0.15) is 0 Å². The van der Waals surface area contributed by atoms with E-state index in [-0.39, 0.29) is 17.0 Å². The summed E-state index contributed by atoms with van der Waals surface area (Å²) in [5.74, 6) is 0. The highest BCUT2D eigenvalue weighted by Crippen LogP contribution is 2.42. The number of quaternary nitrogens is 1. The minimum Gasteiger partial charge on any atom is -1.00 e. The van der Waals surface area contributed by atoms with Crippen LogP contribution in [0.2, 0.25) is 0 Å². The highest BCUT2D eigenvalue weighted by Gasteiger charge is 2.45. The maximum absolute atomic E-state index is 4.49. The summed E-state index contributed by atoms with van der Waals surface area (Å²) < 4.78 is 0. The third kappa shape index (κ3) is 2.73. The molecule has 0 unspecified atom stereocenters. The summed E-state index contributed by atoms with van der Waals surface area (Å²) in [5, 5.41) is 0. The molecule has 0 rings (SSSR count). The highest BCUT2D eigenvalue weighted by atomic mass is 79.9. The molecule has 1 nitrogen and oxygen atoms in total. The molecule has 0 amide bonds. The minimum absolute atomic E-state index is 0. The van der Waals surface area contributed by atoms with Gasteiger partial charge in [0.1, 0.15) is 0 Å². The van der Waals surface area contributed by atoms with Gasteiger partial charge in [0.05, 0.1) is 5.54 Å². The van der Waals surface area contributed by atoms with E-state index in [2.05, 4.69) is 40.4 Å². The fraction of sp³-hybridized carbons (Fsp3) is 1.00. The Morgan fingerprint density at radius 2 is 1.00 bits per heavy atom. The lowest BCUT2D eigenvalue weighted by Crippen LogP contribution is -3.00. The predicted octanol–water partition coefficient (Wildman–Crippen LogP) is 0.00750. The summed E-state index contributed by atoms with van der Waals surface area (Å²) in [7, 11) is 0. The highest BCUT2D eigenvalue weighted by molar-refractivity contribution is 4.93. The van der Waals surface area contributed by atoms with Crippen molar-refractivity contribution in [3.63, 3.8) is 0 Å². The van der Waals surface area contributed by atoms with Crippen molar-refractivity contribution in [2.24, 2.45) is 5.41 Å². The zero-order valence-corrected chi connectivity index (χ0v) is 12.2. The quantitative estimate of drug-likeness (QED) is 0.701. The van der Waals surface area contributed by atoms with Gasteiger partial charge in [0, 0.05) is 5.41 Å². The van der Waals surface area contributed by atoms with E-state index in [1.54, 1.807) is 0 Å². The van der Waals surface area contributed by atoms with Gasteiger partial charge in [-0.3, -0.25) is 0 Å². The van der Waals surface area contributed by atoms with Crippen LogP contribution in [0.1, 0.15) is 66.7 Å². The largest absolute Gasteiger partial charge is 1.00 e.